The van der Waals surface area contributed by atoms with Crippen LogP contribution in [0.25, 0.3) is 10.9 Å². The van der Waals surface area contributed by atoms with Gasteiger partial charge in [-0.15, -0.1) is 0 Å². The van der Waals surface area contributed by atoms with Gasteiger partial charge >= 0.3 is 6.01 Å². The molecule has 5 rings (SSSR count). The van der Waals surface area contributed by atoms with Crippen LogP contribution in [0.2, 0.25) is 0 Å². The zero-order valence-electron chi connectivity index (χ0n) is 18.0. The summed E-state index contributed by atoms with van der Waals surface area (Å²) < 4.78 is 49.2. The summed E-state index contributed by atoms with van der Waals surface area (Å²) in [7, 11) is 0. The number of halogens is 4. The smallest absolute Gasteiger partial charge is 0.319 e. The standard InChI is InChI=1S/C22H27BrF3N5O/c1-21(27)4-2-6-30(11-21)19-14-8-15(25)16(23)17(26)18(14)28-20(29-19)32-12-22-5-3-7-31(22)10-13(24)9-22/h8,13H,2-7,9-12,27H2,1H3/t13-,21-,22+/m1/s1. The van der Waals surface area contributed by atoms with E-state index in [-0.39, 0.29) is 33.5 Å². The van der Waals surface area contributed by atoms with Crippen LogP contribution in [-0.2, 0) is 0 Å². The van der Waals surface area contributed by atoms with Gasteiger partial charge in [-0.25, -0.2) is 13.2 Å². The van der Waals surface area contributed by atoms with Gasteiger partial charge in [-0.2, -0.15) is 9.97 Å². The SMILES string of the molecule is C[C@@]1(N)CCCN(c2nc(OC[C@@]34CCCN3C[C@H](F)C4)nc3c(F)c(Br)c(F)cc23)C1. The zero-order chi connectivity index (χ0) is 22.7. The molecule has 0 radical (unpaired) electrons. The van der Waals surface area contributed by atoms with Gasteiger partial charge in [0.05, 0.1) is 10.0 Å². The van der Waals surface area contributed by atoms with Crippen molar-refractivity contribution in [3.63, 3.8) is 0 Å². The zero-order valence-corrected chi connectivity index (χ0v) is 19.6. The number of alkyl halides is 1. The van der Waals surface area contributed by atoms with E-state index < -0.39 is 23.3 Å². The molecule has 2 N–H and O–H groups in total. The molecule has 1 aromatic carbocycles. The topological polar surface area (TPSA) is 67.5 Å². The predicted molar refractivity (Wildman–Crippen MR) is 120 cm³/mol. The Kier molecular flexibility index (Phi) is 5.53. The molecule has 3 saturated heterocycles. The van der Waals surface area contributed by atoms with E-state index in [9.17, 15) is 8.78 Å². The largest absolute Gasteiger partial charge is 0.461 e. The van der Waals surface area contributed by atoms with Crippen LogP contribution in [0, 0.1) is 11.6 Å². The lowest BCUT2D eigenvalue weighted by Crippen LogP contribution is -2.52. The van der Waals surface area contributed by atoms with Gasteiger partial charge in [-0.1, -0.05) is 0 Å². The van der Waals surface area contributed by atoms with Crippen molar-refractivity contribution < 1.29 is 17.9 Å². The molecule has 10 heteroatoms. The van der Waals surface area contributed by atoms with Crippen LogP contribution >= 0.6 is 15.9 Å². The van der Waals surface area contributed by atoms with Gasteiger partial charge < -0.3 is 15.4 Å². The van der Waals surface area contributed by atoms with E-state index in [0.717, 1.165) is 32.2 Å². The fraction of sp³-hybridized carbons (Fsp3) is 0.636. The first kappa shape index (κ1) is 22.2. The molecule has 3 fully saturated rings. The predicted octanol–water partition coefficient (Wildman–Crippen LogP) is 3.94. The van der Waals surface area contributed by atoms with Crippen LogP contribution in [-0.4, -0.2) is 64.9 Å². The molecule has 0 aliphatic carbocycles. The van der Waals surface area contributed by atoms with Crippen LogP contribution < -0.4 is 15.4 Å². The highest BCUT2D eigenvalue weighted by molar-refractivity contribution is 9.10. The van der Waals surface area contributed by atoms with Gasteiger partial charge in [-0.05, 0) is 61.1 Å². The van der Waals surface area contributed by atoms with E-state index >= 15 is 4.39 Å². The van der Waals surface area contributed by atoms with Crippen LogP contribution in [0.3, 0.4) is 0 Å². The first-order chi connectivity index (χ1) is 15.2. The van der Waals surface area contributed by atoms with Gasteiger partial charge in [-0.3, -0.25) is 4.90 Å². The number of ether oxygens (including phenoxy) is 1. The van der Waals surface area contributed by atoms with E-state index in [2.05, 4.69) is 30.8 Å². The number of benzene rings is 1. The summed E-state index contributed by atoms with van der Waals surface area (Å²) in [6.07, 6.45) is 3.06. The molecule has 3 atom stereocenters. The minimum Gasteiger partial charge on any atom is -0.461 e. The Balaban J connectivity index is 1.53. The van der Waals surface area contributed by atoms with Gasteiger partial charge in [0.25, 0.3) is 0 Å². The van der Waals surface area contributed by atoms with Gasteiger partial charge in [0.15, 0.2) is 5.82 Å². The Morgan fingerprint density at radius 2 is 2.03 bits per heavy atom. The van der Waals surface area contributed by atoms with Gasteiger partial charge in [0.2, 0.25) is 0 Å². The summed E-state index contributed by atoms with van der Waals surface area (Å²) in [5.74, 6) is -1.12. The van der Waals surface area contributed by atoms with Crippen LogP contribution in [0.1, 0.15) is 39.0 Å². The van der Waals surface area contributed by atoms with E-state index in [1.165, 1.54) is 6.07 Å². The lowest BCUT2D eigenvalue weighted by molar-refractivity contribution is 0.107. The molecule has 0 amide bonds. The molecule has 0 saturated carbocycles. The van der Waals surface area contributed by atoms with E-state index in [1.54, 1.807) is 0 Å². The summed E-state index contributed by atoms with van der Waals surface area (Å²) in [5.41, 5.74) is 5.54. The second-order valence-corrected chi connectivity index (χ2v) is 10.5. The molecule has 174 valence electrons. The van der Waals surface area contributed by atoms with Crippen LogP contribution in [0.15, 0.2) is 10.5 Å². The molecule has 4 heterocycles. The van der Waals surface area contributed by atoms with Crippen molar-refractivity contribution in [1.29, 1.82) is 0 Å². The Bertz CT molecular complexity index is 1050. The molecule has 32 heavy (non-hydrogen) atoms. The maximum absolute atomic E-state index is 15.0. The number of nitrogens with zero attached hydrogens (tertiary/aromatic N) is 4. The molecule has 6 nitrogen and oxygen atoms in total. The molecule has 2 aromatic rings. The molecule has 0 unspecified atom stereocenters. The fourth-order valence-electron chi connectivity index (χ4n) is 5.54. The Morgan fingerprint density at radius 3 is 2.81 bits per heavy atom. The Labute approximate surface area is 193 Å². The lowest BCUT2D eigenvalue weighted by atomic mass is 9.92. The van der Waals surface area contributed by atoms with Crippen LogP contribution in [0.4, 0.5) is 19.0 Å². The van der Waals surface area contributed by atoms with Crippen molar-refractivity contribution in [3.05, 3.63) is 22.2 Å². The van der Waals surface area contributed by atoms with Gasteiger partial charge in [0.1, 0.15) is 29.9 Å². The molecule has 1 aromatic heterocycles. The highest BCUT2D eigenvalue weighted by atomic mass is 79.9. The minimum absolute atomic E-state index is 0.0118. The third-order valence-corrected chi connectivity index (χ3v) is 7.77. The number of fused-ring (bicyclic) bond motifs is 2. The highest BCUT2D eigenvalue weighted by Crippen LogP contribution is 2.41. The summed E-state index contributed by atoms with van der Waals surface area (Å²) in [6.45, 7) is 4.61. The second kappa shape index (κ2) is 7.99. The number of hydrogen-bond donors (Lipinski definition) is 1. The summed E-state index contributed by atoms with van der Waals surface area (Å²) in [6, 6.07) is 1.25. The fourth-order valence-corrected chi connectivity index (χ4v) is 5.84. The molecular weight excluding hydrogens is 487 g/mol. The van der Waals surface area contributed by atoms with E-state index in [4.69, 9.17) is 10.5 Å². The highest BCUT2D eigenvalue weighted by Gasteiger charge is 2.49. The summed E-state index contributed by atoms with van der Waals surface area (Å²) >= 11 is 2.97. The summed E-state index contributed by atoms with van der Waals surface area (Å²) in [4.78, 5) is 12.9. The first-order valence-electron chi connectivity index (χ1n) is 11.1. The average Bonchev–Trinajstić information content (AvgIpc) is 3.25. The molecule has 3 aliphatic rings. The molecule has 0 bridgehead atoms. The first-order valence-corrected chi connectivity index (χ1v) is 11.9. The maximum Gasteiger partial charge on any atom is 0.319 e. The number of rotatable bonds is 4. The third-order valence-electron chi connectivity index (χ3n) is 7.04. The monoisotopic (exact) mass is 513 g/mol. The second-order valence-electron chi connectivity index (χ2n) is 9.76. The third kappa shape index (κ3) is 3.84. The van der Waals surface area contributed by atoms with Crippen molar-refractivity contribution in [1.82, 2.24) is 14.9 Å². The minimum atomic E-state index is -0.876. The quantitative estimate of drug-likeness (QED) is 0.624. The van der Waals surface area contributed by atoms with E-state index in [1.807, 2.05) is 11.8 Å². The number of aromatic nitrogens is 2. The molecule has 0 spiro atoms. The Morgan fingerprint density at radius 1 is 1.25 bits per heavy atom. The van der Waals surface area contributed by atoms with Crippen molar-refractivity contribution in [2.45, 2.75) is 56.3 Å². The number of nitrogens with two attached hydrogens (primary N) is 1. The van der Waals surface area contributed by atoms with Gasteiger partial charge in [0, 0.05) is 37.0 Å². The van der Waals surface area contributed by atoms with E-state index in [0.29, 0.717) is 31.9 Å². The van der Waals surface area contributed by atoms with Crippen molar-refractivity contribution in [2.24, 2.45) is 5.73 Å². The van der Waals surface area contributed by atoms with Crippen molar-refractivity contribution in [3.8, 4) is 6.01 Å². The van der Waals surface area contributed by atoms with Crippen molar-refractivity contribution >= 4 is 32.7 Å². The summed E-state index contributed by atoms with van der Waals surface area (Å²) in [5, 5.41) is 0.276. The maximum atomic E-state index is 15.0. The number of anilines is 1. The molecular formula is C22H27BrF3N5O. The van der Waals surface area contributed by atoms with Crippen molar-refractivity contribution in [2.75, 3.05) is 37.7 Å². The number of hydrogen-bond acceptors (Lipinski definition) is 6. The van der Waals surface area contributed by atoms with Crippen LogP contribution in [0.5, 0.6) is 6.01 Å². The number of piperidine rings is 1. The lowest BCUT2D eigenvalue weighted by Gasteiger charge is -2.39. The Hall–Kier alpha value is -1.65. The molecule has 3 aliphatic heterocycles. The average molecular weight is 514 g/mol. The normalized spacial score (nSPS) is 30.8.